The molecule has 0 aromatic carbocycles. The molecule has 1 aliphatic rings. The minimum Gasteiger partial charge on any atom is -0.389 e. The SMILES string of the molecule is CC(NCC1(O)CCC1)c1ccsc1. The maximum Gasteiger partial charge on any atom is 0.0771 e. The molecule has 0 bridgehead atoms. The van der Waals surface area contributed by atoms with Crippen molar-refractivity contribution in [1.29, 1.82) is 0 Å². The predicted molar refractivity (Wildman–Crippen MR) is 59.5 cm³/mol. The topological polar surface area (TPSA) is 32.3 Å². The molecule has 1 aromatic heterocycles. The van der Waals surface area contributed by atoms with Crippen molar-refractivity contribution in [2.75, 3.05) is 6.54 Å². The van der Waals surface area contributed by atoms with Crippen molar-refractivity contribution in [3.05, 3.63) is 22.4 Å². The number of aliphatic hydroxyl groups is 1. The fraction of sp³-hybridized carbons (Fsp3) is 0.636. The van der Waals surface area contributed by atoms with E-state index in [0.717, 1.165) is 19.4 Å². The first-order chi connectivity index (χ1) is 6.70. The Morgan fingerprint density at radius 1 is 1.64 bits per heavy atom. The van der Waals surface area contributed by atoms with Crippen molar-refractivity contribution in [3.8, 4) is 0 Å². The molecule has 1 aromatic rings. The van der Waals surface area contributed by atoms with Gasteiger partial charge in [0, 0.05) is 12.6 Å². The van der Waals surface area contributed by atoms with Crippen LogP contribution in [0.5, 0.6) is 0 Å². The summed E-state index contributed by atoms with van der Waals surface area (Å²) < 4.78 is 0. The minimum absolute atomic E-state index is 0.353. The van der Waals surface area contributed by atoms with Gasteiger partial charge in [0.2, 0.25) is 0 Å². The summed E-state index contributed by atoms with van der Waals surface area (Å²) in [6.07, 6.45) is 3.08. The maximum atomic E-state index is 9.90. The van der Waals surface area contributed by atoms with Gasteiger partial charge in [0.05, 0.1) is 5.60 Å². The molecular weight excluding hydrogens is 194 g/mol. The molecule has 0 amide bonds. The van der Waals surface area contributed by atoms with Gasteiger partial charge in [-0.25, -0.2) is 0 Å². The van der Waals surface area contributed by atoms with Crippen molar-refractivity contribution < 1.29 is 5.11 Å². The molecule has 3 heteroatoms. The zero-order valence-corrected chi connectivity index (χ0v) is 9.31. The molecule has 78 valence electrons. The standard InChI is InChI=1S/C11H17NOS/c1-9(10-3-6-14-7-10)12-8-11(13)4-2-5-11/h3,6-7,9,12-13H,2,4-5,8H2,1H3. The summed E-state index contributed by atoms with van der Waals surface area (Å²) in [5, 5.41) is 17.5. The van der Waals surface area contributed by atoms with Crippen LogP contribution in [0.3, 0.4) is 0 Å². The van der Waals surface area contributed by atoms with Crippen molar-refractivity contribution in [2.24, 2.45) is 0 Å². The molecular formula is C11H17NOS. The molecule has 1 saturated carbocycles. The van der Waals surface area contributed by atoms with Crippen LogP contribution in [0.15, 0.2) is 16.8 Å². The van der Waals surface area contributed by atoms with E-state index in [1.807, 2.05) is 0 Å². The Hall–Kier alpha value is -0.380. The Kier molecular flexibility index (Phi) is 2.91. The quantitative estimate of drug-likeness (QED) is 0.801. The molecule has 0 aliphatic heterocycles. The van der Waals surface area contributed by atoms with E-state index in [1.54, 1.807) is 11.3 Å². The van der Waals surface area contributed by atoms with E-state index < -0.39 is 5.60 Å². The molecule has 2 nitrogen and oxygen atoms in total. The second-order valence-electron chi connectivity index (χ2n) is 4.24. The molecule has 0 radical (unpaired) electrons. The summed E-state index contributed by atoms with van der Waals surface area (Å²) in [7, 11) is 0. The molecule has 0 saturated heterocycles. The molecule has 1 unspecified atom stereocenters. The lowest BCUT2D eigenvalue weighted by Crippen LogP contribution is -2.46. The van der Waals surface area contributed by atoms with Gasteiger partial charge in [0.25, 0.3) is 0 Å². The van der Waals surface area contributed by atoms with E-state index in [9.17, 15) is 5.11 Å². The molecule has 0 spiro atoms. The van der Waals surface area contributed by atoms with Crippen molar-refractivity contribution in [3.63, 3.8) is 0 Å². The largest absolute Gasteiger partial charge is 0.389 e. The highest BCUT2D eigenvalue weighted by molar-refractivity contribution is 7.07. The lowest BCUT2D eigenvalue weighted by molar-refractivity contribution is -0.0329. The zero-order valence-electron chi connectivity index (χ0n) is 8.49. The summed E-state index contributed by atoms with van der Waals surface area (Å²) in [4.78, 5) is 0. The first-order valence-corrected chi connectivity index (χ1v) is 6.12. The fourth-order valence-electron chi connectivity index (χ4n) is 1.74. The number of hydrogen-bond acceptors (Lipinski definition) is 3. The Balaban J connectivity index is 1.80. The third-order valence-electron chi connectivity index (χ3n) is 3.06. The minimum atomic E-state index is -0.412. The number of hydrogen-bond donors (Lipinski definition) is 2. The summed E-state index contributed by atoms with van der Waals surface area (Å²) >= 11 is 1.72. The second-order valence-corrected chi connectivity index (χ2v) is 5.02. The molecule has 2 rings (SSSR count). The summed E-state index contributed by atoms with van der Waals surface area (Å²) in [6, 6.07) is 2.48. The Labute approximate surface area is 89.0 Å². The van der Waals surface area contributed by atoms with Gasteiger partial charge in [-0.2, -0.15) is 11.3 Å². The fourth-order valence-corrected chi connectivity index (χ4v) is 2.50. The van der Waals surface area contributed by atoms with E-state index in [1.165, 1.54) is 12.0 Å². The monoisotopic (exact) mass is 211 g/mol. The number of thiophene rings is 1. The van der Waals surface area contributed by atoms with Gasteiger partial charge in [-0.1, -0.05) is 0 Å². The van der Waals surface area contributed by atoms with Crippen LogP contribution in [-0.4, -0.2) is 17.3 Å². The van der Waals surface area contributed by atoms with Crippen LogP contribution < -0.4 is 5.32 Å². The molecule has 14 heavy (non-hydrogen) atoms. The third-order valence-corrected chi connectivity index (χ3v) is 3.77. The van der Waals surface area contributed by atoms with E-state index in [-0.39, 0.29) is 0 Å². The van der Waals surface area contributed by atoms with E-state index in [0.29, 0.717) is 6.04 Å². The highest BCUT2D eigenvalue weighted by atomic mass is 32.1. The number of rotatable bonds is 4. The van der Waals surface area contributed by atoms with Crippen molar-refractivity contribution in [2.45, 2.75) is 37.8 Å². The Morgan fingerprint density at radius 2 is 2.43 bits per heavy atom. The van der Waals surface area contributed by atoms with Gasteiger partial charge in [-0.3, -0.25) is 0 Å². The highest BCUT2D eigenvalue weighted by Crippen LogP contribution is 2.31. The maximum absolute atomic E-state index is 9.90. The first-order valence-electron chi connectivity index (χ1n) is 5.17. The van der Waals surface area contributed by atoms with Gasteiger partial charge < -0.3 is 10.4 Å². The van der Waals surface area contributed by atoms with E-state index >= 15 is 0 Å². The summed E-state index contributed by atoms with van der Waals surface area (Å²) in [6.45, 7) is 2.87. The van der Waals surface area contributed by atoms with Crippen LogP contribution in [0.2, 0.25) is 0 Å². The molecule has 1 heterocycles. The molecule has 1 fully saturated rings. The first kappa shape index (κ1) is 10.1. The summed E-state index contributed by atoms with van der Waals surface area (Å²) in [5.74, 6) is 0. The Bertz CT molecular complexity index is 279. The average molecular weight is 211 g/mol. The van der Waals surface area contributed by atoms with Gasteiger partial charge in [0.1, 0.15) is 0 Å². The van der Waals surface area contributed by atoms with E-state index in [2.05, 4.69) is 29.1 Å². The van der Waals surface area contributed by atoms with E-state index in [4.69, 9.17) is 0 Å². The van der Waals surface area contributed by atoms with Gasteiger partial charge in [0.15, 0.2) is 0 Å². The smallest absolute Gasteiger partial charge is 0.0771 e. The van der Waals surface area contributed by atoms with Crippen LogP contribution in [0.25, 0.3) is 0 Å². The second kappa shape index (κ2) is 4.01. The van der Waals surface area contributed by atoms with Gasteiger partial charge >= 0.3 is 0 Å². The normalized spacial score (nSPS) is 21.6. The number of nitrogens with one attached hydrogen (secondary N) is 1. The van der Waals surface area contributed by atoms with Crippen LogP contribution in [0, 0.1) is 0 Å². The van der Waals surface area contributed by atoms with Gasteiger partial charge in [-0.15, -0.1) is 0 Å². The Morgan fingerprint density at radius 3 is 2.93 bits per heavy atom. The van der Waals surface area contributed by atoms with Crippen LogP contribution >= 0.6 is 11.3 Å². The van der Waals surface area contributed by atoms with Crippen molar-refractivity contribution >= 4 is 11.3 Å². The highest BCUT2D eigenvalue weighted by Gasteiger charge is 2.34. The third kappa shape index (κ3) is 2.16. The average Bonchev–Trinajstić information content (AvgIpc) is 2.63. The molecule has 1 aliphatic carbocycles. The predicted octanol–water partition coefficient (Wildman–Crippen LogP) is 2.31. The van der Waals surface area contributed by atoms with Crippen molar-refractivity contribution in [1.82, 2.24) is 5.32 Å². The molecule has 2 N–H and O–H groups in total. The lowest BCUT2D eigenvalue weighted by atomic mass is 9.80. The van der Waals surface area contributed by atoms with Crippen LogP contribution in [-0.2, 0) is 0 Å². The summed E-state index contributed by atoms with van der Waals surface area (Å²) in [5.41, 5.74) is 0.905. The lowest BCUT2D eigenvalue weighted by Gasteiger charge is -2.37. The van der Waals surface area contributed by atoms with Crippen LogP contribution in [0.4, 0.5) is 0 Å². The van der Waals surface area contributed by atoms with Gasteiger partial charge in [-0.05, 0) is 48.6 Å². The molecule has 1 atom stereocenters. The zero-order chi connectivity index (χ0) is 10.0. The van der Waals surface area contributed by atoms with Crippen LogP contribution in [0.1, 0.15) is 37.8 Å².